The fourth-order valence-corrected chi connectivity index (χ4v) is 5.17. The zero-order valence-electron chi connectivity index (χ0n) is 10.7. The Morgan fingerprint density at radius 1 is 1.32 bits per heavy atom. The second-order valence-electron chi connectivity index (χ2n) is 5.05. The van der Waals surface area contributed by atoms with E-state index in [0.29, 0.717) is 0 Å². The lowest BCUT2D eigenvalue weighted by Gasteiger charge is -2.27. The summed E-state index contributed by atoms with van der Waals surface area (Å²) in [4.78, 5) is 11.5. The van der Waals surface area contributed by atoms with E-state index in [9.17, 15) is 27.3 Å². The van der Waals surface area contributed by atoms with Gasteiger partial charge in [-0.1, -0.05) is 6.92 Å². The molecule has 3 aliphatic rings. The van der Waals surface area contributed by atoms with Crippen LogP contribution in [0.1, 0.15) is 6.92 Å². The summed E-state index contributed by atoms with van der Waals surface area (Å²) in [5, 5.41) is 7.15. The van der Waals surface area contributed by atoms with Gasteiger partial charge in [-0.05, 0) is 0 Å². The van der Waals surface area contributed by atoms with Crippen LogP contribution in [0, 0.1) is 5.92 Å². The van der Waals surface area contributed by atoms with Gasteiger partial charge in [0.05, 0.1) is 0 Å². The van der Waals surface area contributed by atoms with Gasteiger partial charge in [0.15, 0.2) is 6.10 Å². The van der Waals surface area contributed by atoms with Crippen molar-refractivity contribution in [2.75, 3.05) is 0 Å². The number of fused-ring (bicyclic) bond motifs is 1. The molecule has 0 aromatic rings. The van der Waals surface area contributed by atoms with Gasteiger partial charge in [0.25, 0.3) is 10.1 Å². The highest BCUT2D eigenvalue weighted by Gasteiger charge is 2.71. The molecule has 3 rings (SSSR count). The van der Waals surface area contributed by atoms with Gasteiger partial charge in [-0.15, -0.1) is 0 Å². The van der Waals surface area contributed by atoms with Gasteiger partial charge in [0.1, 0.15) is 35.6 Å². The molecule has 0 saturated carbocycles. The number of halogens is 2. The van der Waals surface area contributed by atoms with Gasteiger partial charge in [0.2, 0.25) is 0 Å². The number of hydrogen-bond acceptors (Lipinski definition) is 10. The molecule has 0 aliphatic carbocycles. The average Bonchev–Trinajstić information content (AvgIpc) is 2.99. The van der Waals surface area contributed by atoms with Crippen LogP contribution in [-0.4, -0.2) is 49.3 Å². The quantitative estimate of drug-likeness (QED) is 0.195. The third-order valence-corrected chi connectivity index (χ3v) is 6.23. The van der Waals surface area contributed by atoms with Crippen molar-refractivity contribution < 1.29 is 50.3 Å². The first kappa shape index (κ1) is 16.3. The first-order valence-electron chi connectivity index (χ1n) is 6.00. The largest absolute Gasteiger partial charge is 0.691 e. The van der Waals surface area contributed by atoms with Crippen LogP contribution in [0.15, 0.2) is 0 Å². The van der Waals surface area contributed by atoms with Gasteiger partial charge in [0, 0.05) is 5.92 Å². The van der Waals surface area contributed by atoms with Crippen LogP contribution < -0.4 is 5.26 Å². The van der Waals surface area contributed by atoms with Gasteiger partial charge < -0.3 is 14.7 Å². The van der Waals surface area contributed by atoms with Crippen LogP contribution in [0.25, 0.3) is 0 Å². The van der Waals surface area contributed by atoms with Gasteiger partial charge in [-0.3, -0.25) is 9.22 Å². The molecule has 0 aromatic carbocycles. The van der Waals surface area contributed by atoms with Gasteiger partial charge in [-0.2, -0.15) is 21.5 Å². The Morgan fingerprint density at radius 2 is 2.00 bits per heavy atom. The van der Waals surface area contributed by atoms with E-state index in [1.807, 2.05) is 0 Å². The molecule has 0 aromatic heterocycles. The third kappa shape index (κ3) is 2.31. The lowest BCUT2D eigenvalue weighted by molar-refractivity contribution is -0.777. The molecule has 3 aliphatic heterocycles. The first-order chi connectivity index (χ1) is 10.2. The summed E-state index contributed by atoms with van der Waals surface area (Å²) in [5.41, 5.74) is 0. The minimum absolute atomic E-state index is 0.575. The van der Waals surface area contributed by atoms with Crippen LogP contribution in [-0.2, 0) is 37.9 Å². The Bertz CT molecular complexity index is 582. The zero-order valence-corrected chi connectivity index (χ0v) is 12.3. The molecule has 0 spiro atoms. The highest BCUT2D eigenvalue weighted by Crippen LogP contribution is 2.51. The first-order valence-corrected chi connectivity index (χ1v) is 8.21. The van der Waals surface area contributed by atoms with E-state index in [0.717, 1.165) is 0 Å². The van der Waals surface area contributed by atoms with Crippen molar-refractivity contribution in [2.45, 2.75) is 41.8 Å². The van der Waals surface area contributed by atoms with E-state index in [-0.39, 0.29) is 0 Å². The van der Waals surface area contributed by atoms with E-state index in [1.165, 1.54) is 0 Å². The molecule has 0 amide bonds. The number of rotatable bonds is 5. The van der Waals surface area contributed by atoms with Gasteiger partial charge in [-0.25, -0.2) is 4.79 Å². The van der Waals surface area contributed by atoms with E-state index in [2.05, 4.69) is 14.1 Å². The summed E-state index contributed by atoms with van der Waals surface area (Å²) in [6, 6.07) is 0. The lowest BCUT2D eigenvalue weighted by Crippen LogP contribution is -2.47. The Hall–Kier alpha value is -0.570. The van der Waals surface area contributed by atoms with Gasteiger partial charge >= 0.3 is 11.2 Å². The molecule has 0 N–H and O–H groups in total. The topological polar surface area (TPSA) is 120 Å². The SMILES string of the molecule is CC1C2OC3C(OS(=O)(=O)C13)C2OC(=O)C(F)(F)SOO[O-]. The minimum atomic E-state index is -4.22. The van der Waals surface area contributed by atoms with Crippen LogP contribution in [0.2, 0.25) is 0 Å². The molecule has 6 atom stereocenters. The van der Waals surface area contributed by atoms with Crippen LogP contribution in [0.3, 0.4) is 0 Å². The van der Waals surface area contributed by atoms with Crippen molar-refractivity contribution in [3.63, 3.8) is 0 Å². The molecular weight excluding hydrogens is 354 g/mol. The standard InChI is InChI=1S/C9H10F2O9S2/c1-2-3-4(17-8(12)9(10,11)21-20-19-13)5-6(16-3)7(2)22(14,15)18-5/h2-7,13H,1H3/p-1. The molecule has 6 unspecified atom stereocenters. The second kappa shape index (κ2) is 5.22. The lowest BCUT2D eigenvalue weighted by atomic mass is 9.86. The van der Waals surface area contributed by atoms with Crippen LogP contribution in [0.4, 0.5) is 8.78 Å². The maximum atomic E-state index is 13.3. The predicted octanol–water partition coefficient (Wildman–Crippen LogP) is -1.12. The highest BCUT2D eigenvalue weighted by atomic mass is 32.2. The van der Waals surface area contributed by atoms with E-state index in [4.69, 9.17) is 8.92 Å². The van der Waals surface area contributed by atoms with E-state index < -0.39 is 69.0 Å². The van der Waals surface area contributed by atoms with Crippen molar-refractivity contribution in [3.05, 3.63) is 0 Å². The maximum absolute atomic E-state index is 13.3. The highest BCUT2D eigenvalue weighted by molar-refractivity contribution is 7.96. The average molecular weight is 363 g/mol. The van der Waals surface area contributed by atoms with Crippen LogP contribution >= 0.6 is 12.0 Å². The fourth-order valence-electron chi connectivity index (χ4n) is 3.06. The van der Waals surface area contributed by atoms with Crippen LogP contribution in [0.5, 0.6) is 0 Å². The smallest absolute Gasteiger partial charge is 0.415 e. The Kier molecular flexibility index (Phi) is 3.87. The second-order valence-corrected chi connectivity index (χ2v) is 7.59. The fraction of sp³-hybridized carbons (Fsp3) is 0.889. The predicted molar refractivity (Wildman–Crippen MR) is 60.0 cm³/mol. The molecule has 3 heterocycles. The summed E-state index contributed by atoms with van der Waals surface area (Å²) >= 11 is -0.832. The van der Waals surface area contributed by atoms with Crippen molar-refractivity contribution in [1.29, 1.82) is 0 Å². The molecule has 3 saturated heterocycles. The van der Waals surface area contributed by atoms with Crippen molar-refractivity contribution in [2.24, 2.45) is 5.92 Å². The summed E-state index contributed by atoms with van der Waals surface area (Å²) in [5.74, 6) is -2.60. The molecule has 2 bridgehead atoms. The molecule has 22 heavy (non-hydrogen) atoms. The Morgan fingerprint density at radius 3 is 2.64 bits per heavy atom. The zero-order chi connectivity index (χ0) is 16.3. The molecule has 13 heteroatoms. The molecule has 9 nitrogen and oxygen atoms in total. The molecule has 3 fully saturated rings. The number of carbonyl (C=O) groups is 1. The molecular formula is C9H9F2O9S2-. The number of hydrogen-bond donors (Lipinski definition) is 0. The summed E-state index contributed by atoms with van der Waals surface area (Å²) < 4.78 is 68.5. The molecule has 126 valence electrons. The summed E-state index contributed by atoms with van der Waals surface area (Å²) in [7, 11) is -3.89. The number of alkyl halides is 2. The van der Waals surface area contributed by atoms with E-state index in [1.54, 1.807) is 6.92 Å². The van der Waals surface area contributed by atoms with E-state index >= 15 is 0 Å². The number of esters is 1. The Balaban J connectivity index is 1.74. The minimum Gasteiger partial charge on any atom is -0.691 e. The molecule has 0 radical (unpaired) electrons. The Labute approximate surface area is 127 Å². The third-order valence-electron chi connectivity index (χ3n) is 3.87. The van der Waals surface area contributed by atoms with Crippen molar-refractivity contribution in [1.82, 2.24) is 0 Å². The maximum Gasteiger partial charge on any atom is 0.415 e. The van der Waals surface area contributed by atoms with Crippen molar-refractivity contribution >= 4 is 28.1 Å². The summed E-state index contributed by atoms with van der Waals surface area (Å²) in [6.07, 6.45) is -4.16. The number of carbonyl (C=O) groups excluding carboxylic acids is 1. The van der Waals surface area contributed by atoms with Crippen molar-refractivity contribution in [3.8, 4) is 0 Å². The number of ether oxygens (including phenoxy) is 2. The monoisotopic (exact) mass is 363 g/mol. The summed E-state index contributed by atoms with van der Waals surface area (Å²) in [6.45, 7) is 1.54. The normalized spacial score (nSPS) is 41.8.